The van der Waals surface area contributed by atoms with E-state index >= 15 is 0 Å². The summed E-state index contributed by atoms with van der Waals surface area (Å²) in [5.41, 5.74) is 3.20. The van der Waals surface area contributed by atoms with Crippen LogP contribution in [0.5, 0.6) is 0 Å². The number of carbonyl (C=O) groups is 2. The van der Waals surface area contributed by atoms with Crippen molar-refractivity contribution in [1.29, 1.82) is 5.26 Å². The molecule has 0 radical (unpaired) electrons. The summed E-state index contributed by atoms with van der Waals surface area (Å²) in [7, 11) is 1.81. The maximum Gasteiger partial charge on any atom is 0.340 e. The van der Waals surface area contributed by atoms with Gasteiger partial charge in [-0.05, 0) is 40.7 Å². The van der Waals surface area contributed by atoms with Gasteiger partial charge >= 0.3 is 5.97 Å². The Morgan fingerprint density at radius 2 is 2.04 bits per heavy atom. The molecular weight excluding hydrogens is 378 g/mol. The molecule has 1 atom stereocenters. The van der Waals surface area contributed by atoms with E-state index < -0.39 is 11.2 Å². The molecule has 2 aromatic heterocycles. The van der Waals surface area contributed by atoms with Gasteiger partial charge in [-0.25, -0.2) is 9.78 Å². The van der Waals surface area contributed by atoms with E-state index in [1.807, 2.05) is 27.0 Å². The van der Waals surface area contributed by atoms with Gasteiger partial charge in [0.15, 0.2) is 0 Å². The lowest BCUT2D eigenvalue weighted by molar-refractivity contribution is -0.115. The number of hydrogen-bond acceptors (Lipinski definition) is 7. The molecule has 8 nitrogen and oxygen atoms in total. The number of pyridine rings is 1. The number of nitrogens with zero attached hydrogens (tertiary/aromatic N) is 4. The van der Waals surface area contributed by atoms with E-state index in [0.29, 0.717) is 16.4 Å². The summed E-state index contributed by atoms with van der Waals surface area (Å²) in [6, 6.07) is 3.50. The van der Waals surface area contributed by atoms with Crippen molar-refractivity contribution in [3.8, 4) is 6.07 Å². The van der Waals surface area contributed by atoms with Gasteiger partial charge in [-0.1, -0.05) is 11.8 Å². The van der Waals surface area contributed by atoms with Crippen LogP contribution in [0.4, 0.5) is 5.69 Å². The highest BCUT2D eigenvalue weighted by Gasteiger charge is 2.22. The zero-order valence-electron chi connectivity index (χ0n) is 16.8. The summed E-state index contributed by atoms with van der Waals surface area (Å²) in [6.07, 6.45) is 0. The van der Waals surface area contributed by atoms with Gasteiger partial charge in [-0.15, -0.1) is 0 Å². The molecule has 0 unspecified atom stereocenters. The number of aryl methyl sites for hydroxylation is 3. The molecule has 28 heavy (non-hydrogen) atoms. The van der Waals surface area contributed by atoms with E-state index in [9.17, 15) is 14.9 Å². The number of anilines is 1. The molecule has 0 fully saturated rings. The number of hydrogen-bond donors (Lipinski definition) is 1. The fourth-order valence-corrected chi connectivity index (χ4v) is 3.49. The number of esters is 1. The van der Waals surface area contributed by atoms with Crippen LogP contribution in [0.3, 0.4) is 0 Å². The van der Waals surface area contributed by atoms with Crippen molar-refractivity contribution in [1.82, 2.24) is 14.8 Å². The molecule has 148 valence electrons. The van der Waals surface area contributed by atoms with Crippen molar-refractivity contribution in [3.05, 3.63) is 34.3 Å². The molecule has 0 spiro atoms. The normalized spacial score (nSPS) is 11.6. The number of aromatic nitrogens is 3. The van der Waals surface area contributed by atoms with Crippen molar-refractivity contribution in [2.45, 2.75) is 44.9 Å². The van der Waals surface area contributed by atoms with Gasteiger partial charge in [0.1, 0.15) is 11.1 Å². The Morgan fingerprint density at radius 1 is 1.36 bits per heavy atom. The summed E-state index contributed by atoms with van der Waals surface area (Å²) in [4.78, 5) is 29.0. The molecule has 2 heterocycles. The predicted octanol–water partition coefficient (Wildman–Crippen LogP) is 2.91. The number of nitrogens with one attached hydrogen (secondary N) is 1. The van der Waals surface area contributed by atoms with Crippen molar-refractivity contribution in [2.75, 3.05) is 11.9 Å². The van der Waals surface area contributed by atoms with Crippen molar-refractivity contribution in [2.24, 2.45) is 7.05 Å². The molecule has 0 saturated heterocycles. The quantitative estimate of drug-likeness (QED) is 0.585. The zero-order valence-corrected chi connectivity index (χ0v) is 17.6. The van der Waals surface area contributed by atoms with Gasteiger partial charge in [0.25, 0.3) is 0 Å². The molecule has 1 amide bonds. The zero-order chi connectivity index (χ0) is 21.0. The Balaban J connectivity index is 2.22. The van der Waals surface area contributed by atoms with Crippen LogP contribution in [0.1, 0.15) is 46.9 Å². The summed E-state index contributed by atoms with van der Waals surface area (Å²) in [6.45, 7) is 9.06. The summed E-state index contributed by atoms with van der Waals surface area (Å²) in [5.74, 6) is -0.740. The highest BCUT2D eigenvalue weighted by atomic mass is 32.2. The lowest BCUT2D eigenvalue weighted by Gasteiger charge is -2.14. The molecule has 0 aliphatic rings. The molecule has 2 aromatic rings. The monoisotopic (exact) mass is 401 g/mol. The van der Waals surface area contributed by atoms with E-state index in [2.05, 4.69) is 15.4 Å². The Kier molecular flexibility index (Phi) is 6.80. The largest absolute Gasteiger partial charge is 0.462 e. The van der Waals surface area contributed by atoms with Crippen LogP contribution in [0.15, 0.2) is 11.1 Å². The lowest BCUT2D eigenvalue weighted by atomic mass is 10.1. The van der Waals surface area contributed by atoms with E-state index in [0.717, 1.165) is 23.1 Å². The van der Waals surface area contributed by atoms with Crippen LogP contribution in [-0.2, 0) is 16.6 Å². The average Bonchev–Trinajstić information content (AvgIpc) is 2.88. The Hall–Kier alpha value is -2.86. The Morgan fingerprint density at radius 3 is 2.57 bits per heavy atom. The lowest BCUT2D eigenvalue weighted by Crippen LogP contribution is -2.23. The fraction of sp³-hybridized carbons (Fsp3) is 0.421. The number of nitriles is 1. The minimum absolute atomic E-state index is 0.220. The first-order valence-electron chi connectivity index (χ1n) is 8.76. The van der Waals surface area contributed by atoms with Crippen molar-refractivity contribution in [3.63, 3.8) is 0 Å². The first-order chi connectivity index (χ1) is 13.2. The first-order valence-corrected chi connectivity index (χ1v) is 9.64. The molecule has 1 N–H and O–H groups in total. The predicted molar refractivity (Wildman–Crippen MR) is 106 cm³/mol. The van der Waals surface area contributed by atoms with E-state index in [-0.39, 0.29) is 23.6 Å². The number of amides is 1. The van der Waals surface area contributed by atoms with Crippen molar-refractivity contribution >= 4 is 29.3 Å². The van der Waals surface area contributed by atoms with Gasteiger partial charge in [0.05, 0.1) is 45.8 Å². The van der Waals surface area contributed by atoms with Crippen LogP contribution in [0, 0.1) is 32.1 Å². The summed E-state index contributed by atoms with van der Waals surface area (Å²) >= 11 is 1.16. The molecule has 9 heteroatoms. The minimum Gasteiger partial charge on any atom is -0.462 e. The second-order valence-corrected chi connectivity index (χ2v) is 7.55. The topological polar surface area (TPSA) is 110 Å². The standard InChI is InChI=1S/C19H23N5O3S/c1-7-27-19(26)15-8-14(9-20)18(21-10(15)2)28-13(5)17(25)22-16-11(3)23-24(6)12(16)4/h8,13H,7H2,1-6H3,(H,22,25)/t13-/m1/s1. The molecular formula is C19H23N5O3S. The van der Waals surface area contributed by atoms with E-state index in [4.69, 9.17) is 4.74 Å². The molecule has 0 bridgehead atoms. The smallest absolute Gasteiger partial charge is 0.340 e. The number of ether oxygens (including phenoxy) is 1. The van der Waals surface area contributed by atoms with E-state index in [1.54, 1.807) is 25.5 Å². The number of carbonyl (C=O) groups excluding carboxylic acids is 2. The van der Waals surface area contributed by atoms with Crippen LogP contribution < -0.4 is 5.32 Å². The van der Waals surface area contributed by atoms with Crippen molar-refractivity contribution < 1.29 is 14.3 Å². The third kappa shape index (κ3) is 4.51. The highest BCUT2D eigenvalue weighted by Crippen LogP contribution is 2.28. The van der Waals surface area contributed by atoms with Gasteiger partial charge in [-0.3, -0.25) is 9.48 Å². The maximum atomic E-state index is 12.6. The van der Waals surface area contributed by atoms with Gasteiger partial charge in [0.2, 0.25) is 5.91 Å². The van der Waals surface area contributed by atoms with Crippen LogP contribution >= 0.6 is 11.8 Å². The number of thioether (sulfide) groups is 1. The van der Waals surface area contributed by atoms with Gasteiger partial charge in [-0.2, -0.15) is 10.4 Å². The highest BCUT2D eigenvalue weighted by molar-refractivity contribution is 8.00. The molecule has 0 saturated carbocycles. The summed E-state index contributed by atoms with van der Waals surface area (Å²) in [5, 5.41) is 16.5. The first kappa shape index (κ1) is 21.4. The van der Waals surface area contributed by atoms with E-state index in [1.165, 1.54) is 6.07 Å². The van der Waals surface area contributed by atoms with Crippen LogP contribution in [-0.4, -0.2) is 38.5 Å². The summed E-state index contributed by atoms with van der Waals surface area (Å²) < 4.78 is 6.69. The average molecular weight is 401 g/mol. The Labute approximate surface area is 168 Å². The van der Waals surface area contributed by atoms with Gasteiger partial charge in [0, 0.05) is 7.05 Å². The minimum atomic E-state index is -0.520. The van der Waals surface area contributed by atoms with Crippen LogP contribution in [0.2, 0.25) is 0 Å². The molecule has 0 aliphatic carbocycles. The Bertz CT molecular complexity index is 961. The fourth-order valence-electron chi connectivity index (χ4n) is 2.57. The van der Waals surface area contributed by atoms with Crippen LogP contribution in [0.25, 0.3) is 0 Å². The third-order valence-corrected chi connectivity index (χ3v) is 5.31. The third-order valence-electron chi connectivity index (χ3n) is 4.21. The molecule has 2 rings (SSSR count). The second-order valence-electron chi connectivity index (χ2n) is 6.23. The number of rotatable bonds is 6. The molecule has 0 aromatic carbocycles. The maximum absolute atomic E-state index is 12.6. The van der Waals surface area contributed by atoms with Gasteiger partial charge < -0.3 is 10.1 Å². The second kappa shape index (κ2) is 8.89. The SMILES string of the molecule is CCOC(=O)c1cc(C#N)c(S[C@H](C)C(=O)Nc2c(C)nn(C)c2C)nc1C. The molecule has 0 aliphatic heterocycles.